The van der Waals surface area contributed by atoms with Gasteiger partial charge in [0, 0.05) is 44.3 Å². The molecule has 9 heteroatoms. The van der Waals surface area contributed by atoms with Gasteiger partial charge in [0.25, 0.3) is 0 Å². The predicted molar refractivity (Wildman–Crippen MR) is 158 cm³/mol. The molecule has 1 atom stereocenters. The second-order valence-electron chi connectivity index (χ2n) is 11.1. The summed E-state index contributed by atoms with van der Waals surface area (Å²) < 4.78 is 5.55. The van der Waals surface area contributed by atoms with Gasteiger partial charge in [-0.1, -0.05) is 66.2 Å². The maximum Gasteiger partial charge on any atom is 0.410 e. The minimum Gasteiger partial charge on any atom is -0.478 e. The lowest BCUT2D eigenvalue weighted by molar-refractivity contribution is -0.139. The van der Waals surface area contributed by atoms with Crippen LogP contribution < -0.4 is 0 Å². The molecule has 0 spiro atoms. The van der Waals surface area contributed by atoms with Crippen molar-refractivity contribution in [3.8, 4) is 0 Å². The molecule has 1 N–H and O–H groups in total. The van der Waals surface area contributed by atoms with E-state index in [2.05, 4.69) is 4.90 Å². The molecule has 8 nitrogen and oxygen atoms in total. The molecule has 1 heterocycles. The summed E-state index contributed by atoms with van der Waals surface area (Å²) in [5.41, 5.74) is 2.22. The Hall–Kier alpha value is -3.88. The van der Waals surface area contributed by atoms with Crippen LogP contribution in [0, 0.1) is 0 Å². The van der Waals surface area contributed by atoms with E-state index >= 15 is 0 Å². The number of carboxylic acids is 1. The van der Waals surface area contributed by atoms with Crippen LogP contribution in [0.3, 0.4) is 0 Å². The number of halogens is 1. The fraction of sp³-hybridized carbons (Fsp3) is 0.344. The van der Waals surface area contributed by atoms with Gasteiger partial charge < -0.3 is 19.6 Å². The Morgan fingerprint density at radius 2 is 1.41 bits per heavy atom. The highest BCUT2D eigenvalue weighted by molar-refractivity contribution is 6.30. The van der Waals surface area contributed by atoms with E-state index in [-0.39, 0.29) is 17.6 Å². The van der Waals surface area contributed by atoms with Crippen LogP contribution >= 0.6 is 11.6 Å². The molecule has 1 aliphatic rings. The minimum atomic E-state index is -0.998. The summed E-state index contributed by atoms with van der Waals surface area (Å²) in [6, 6.07) is 23.0. The number of carboxylic acid groups (broad SMARTS) is 1. The number of hydrogen-bond acceptors (Lipinski definition) is 5. The van der Waals surface area contributed by atoms with Crippen LogP contribution in [-0.2, 0) is 22.6 Å². The first-order valence-electron chi connectivity index (χ1n) is 13.6. The molecular weight excluding hydrogens is 542 g/mol. The number of hydrogen-bond donors (Lipinski definition) is 1. The third-order valence-electron chi connectivity index (χ3n) is 6.85. The maximum absolute atomic E-state index is 14.5. The Bertz CT molecular complexity index is 1330. The molecule has 41 heavy (non-hydrogen) atoms. The third kappa shape index (κ3) is 8.31. The van der Waals surface area contributed by atoms with Crippen molar-refractivity contribution in [2.45, 2.75) is 45.5 Å². The third-order valence-corrected chi connectivity index (χ3v) is 7.10. The van der Waals surface area contributed by atoms with Gasteiger partial charge in [-0.2, -0.15) is 0 Å². The van der Waals surface area contributed by atoms with E-state index in [0.717, 1.165) is 16.7 Å². The predicted octanol–water partition coefficient (Wildman–Crippen LogP) is 5.86. The summed E-state index contributed by atoms with van der Waals surface area (Å²) >= 11 is 6.19. The van der Waals surface area contributed by atoms with Crippen molar-refractivity contribution in [1.82, 2.24) is 14.7 Å². The van der Waals surface area contributed by atoms with E-state index in [0.29, 0.717) is 44.3 Å². The normalized spacial score (nSPS) is 14.8. The van der Waals surface area contributed by atoms with E-state index in [9.17, 15) is 19.5 Å². The van der Waals surface area contributed by atoms with Gasteiger partial charge in [-0.3, -0.25) is 9.69 Å². The Labute approximate surface area is 246 Å². The van der Waals surface area contributed by atoms with Crippen LogP contribution in [0.25, 0.3) is 0 Å². The van der Waals surface area contributed by atoms with E-state index in [1.54, 1.807) is 46.2 Å². The van der Waals surface area contributed by atoms with Crippen molar-refractivity contribution in [3.63, 3.8) is 0 Å². The zero-order chi connectivity index (χ0) is 29.6. The van der Waals surface area contributed by atoms with Crippen LogP contribution in [-0.4, -0.2) is 69.6 Å². The number of amides is 2. The topological polar surface area (TPSA) is 90.4 Å². The monoisotopic (exact) mass is 577 g/mol. The molecular formula is C32H36ClN3O5. The van der Waals surface area contributed by atoms with E-state index in [1.165, 1.54) is 0 Å². The van der Waals surface area contributed by atoms with Gasteiger partial charge in [-0.25, -0.2) is 9.59 Å². The Balaban J connectivity index is 1.61. The fourth-order valence-electron chi connectivity index (χ4n) is 4.81. The van der Waals surface area contributed by atoms with Gasteiger partial charge in [0.2, 0.25) is 5.91 Å². The minimum absolute atomic E-state index is 0.0933. The number of ether oxygens (including phenoxy) is 1. The first-order valence-corrected chi connectivity index (χ1v) is 14.0. The molecule has 0 saturated carbocycles. The molecule has 1 fully saturated rings. The smallest absolute Gasteiger partial charge is 0.410 e. The average Bonchev–Trinajstić information content (AvgIpc) is 2.94. The van der Waals surface area contributed by atoms with Crippen LogP contribution in [0.1, 0.15) is 53.9 Å². The largest absolute Gasteiger partial charge is 0.478 e. The van der Waals surface area contributed by atoms with Crippen molar-refractivity contribution in [2.75, 3.05) is 26.2 Å². The number of benzene rings is 3. The molecule has 0 aliphatic carbocycles. The van der Waals surface area contributed by atoms with Gasteiger partial charge in [-0.15, -0.1) is 0 Å². The van der Waals surface area contributed by atoms with Crippen LogP contribution in [0.5, 0.6) is 0 Å². The number of carbonyl (C=O) groups is 3. The highest BCUT2D eigenvalue weighted by Gasteiger charge is 2.35. The standard InChI is InChI=1S/C32H36ClN3O5/c1-32(2,3)41-31(40)35-19-17-34(18-20-35)28(25-13-15-27(33)16-14-25)29(37)36(21-23-7-5-4-6-8-23)22-24-9-11-26(12-10-24)30(38)39/h4-16,28H,17-22H2,1-3H3,(H,38,39)/t28-/m1/s1. The summed E-state index contributed by atoms with van der Waals surface area (Å²) in [7, 11) is 0. The van der Waals surface area contributed by atoms with Crippen LogP contribution in [0.15, 0.2) is 78.9 Å². The molecule has 0 unspecified atom stereocenters. The second-order valence-corrected chi connectivity index (χ2v) is 11.6. The van der Waals surface area contributed by atoms with Gasteiger partial charge in [-0.05, 0) is 61.7 Å². The lowest BCUT2D eigenvalue weighted by Crippen LogP contribution is -2.53. The lowest BCUT2D eigenvalue weighted by Gasteiger charge is -2.40. The van der Waals surface area contributed by atoms with E-state index in [1.807, 2.05) is 63.2 Å². The van der Waals surface area contributed by atoms with Crippen molar-refractivity contribution in [1.29, 1.82) is 0 Å². The van der Waals surface area contributed by atoms with Crippen molar-refractivity contribution < 1.29 is 24.2 Å². The highest BCUT2D eigenvalue weighted by atomic mass is 35.5. The Morgan fingerprint density at radius 1 is 0.854 bits per heavy atom. The number of carbonyl (C=O) groups excluding carboxylic acids is 2. The van der Waals surface area contributed by atoms with Gasteiger partial charge >= 0.3 is 12.1 Å². The average molecular weight is 578 g/mol. The van der Waals surface area contributed by atoms with Crippen LogP contribution in [0.2, 0.25) is 5.02 Å². The van der Waals surface area contributed by atoms with Crippen molar-refractivity contribution >= 4 is 29.6 Å². The molecule has 2 amide bonds. The maximum atomic E-state index is 14.5. The number of aromatic carboxylic acids is 1. The molecule has 1 aliphatic heterocycles. The van der Waals surface area contributed by atoms with Crippen LogP contribution in [0.4, 0.5) is 4.79 Å². The van der Waals surface area contributed by atoms with E-state index in [4.69, 9.17) is 16.3 Å². The lowest BCUT2D eigenvalue weighted by atomic mass is 10.0. The van der Waals surface area contributed by atoms with Gasteiger partial charge in [0.1, 0.15) is 11.6 Å². The van der Waals surface area contributed by atoms with E-state index < -0.39 is 17.6 Å². The second kappa shape index (κ2) is 13.2. The summed E-state index contributed by atoms with van der Waals surface area (Å²) in [6.45, 7) is 8.05. The molecule has 4 rings (SSSR count). The molecule has 0 radical (unpaired) electrons. The molecule has 3 aromatic carbocycles. The highest BCUT2D eigenvalue weighted by Crippen LogP contribution is 2.28. The van der Waals surface area contributed by atoms with Gasteiger partial charge in [0.15, 0.2) is 0 Å². The molecule has 216 valence electrons. The zero-order valence-corrected chi connectivity index (χ0v) is 24.4. The van der Waals surface area contributed by atoms with Crippen molar-refractivity contribution in [2.24, 2.45) is 0 Å². The fourth-order valence-corrected chi connectivity index (χ4v) is 4.93. The first kappa shape index (κ1) is 30.1. The number of nitrogens with zero attached hydrogens (tertiary/aromatic N) is 3. The SMILES string of the molecule is CC(C)(C)OC(=O)N1CCN([C@@H](C(=O)N(Cc2ccccc2)Cc2ccc(C(=O)O)cc2)c2ccc(Cl)cc2)CC1. The van der Waals surface area contributed by atoms with Crippen molar-refractivity contribution in [3.05, 3.63) is 106 Å². The molecule has 3 aromatic rings. The quantitative estimate of drug-likeness (QED) is 0.361. The molecule has 0 aromatic heterocycles. The summed E-state index contributed by atoms with van der Waals surface area (Å²) in [5.74, 6) is -1.09. The first-order chi connectivity index (χ1) is 19.5. The summed E-state index contributed by atoms with van der Waals surface area (Å²) in [6.07, 6.45) is -0.359. The molecule has 1 saturated heterocycles. The van der Waals surface area contributed by atoms with Gasteiger partial charge in [0.05, 0.1) is 5.56 Å². The number of rotatable bonds is 8. The Kier molecular flexibility index (Phi) is 9.68. The number of piperazine rings is 1. The Morgan fingerprint density at radius 3 is 1.95 bits per heavy atom. The summed E-state index contributed by atoms with van der Waals surface area (Å²) in [5, 5.41) is 9.88. The summed E-state index contributed by atoms with van der Waals surface area (Å²) in [4.78, 5) is 44.1. The molecule has 0 bridgehead atoms. The zero-order valence-electron chi connectivity index (χ0n) is 23.6.